The molecule has 0 aromatic carbocycles. The van der Waals surface area contributed by atoms with Crippen molar-refractivity contribution in [3.05, 3.63) is 44.5 Å². The van der Waals surface area contributed by atoms with Crippen molar-refractivity contribution in [3.8, 4) is 0 Å². The Labute approximate surface area is 214 Å². The maximum absolute atomic E-state index is 6.42. The van der Waals surface area contributed by atoms with Crippen LogP contribution in [-0.4, -0.2) is 31.0 Å². The zero-order valence-electron chi connectivity index (χ0n) is 19.2. The van der Waals surface area contributed by atoms with E-state index in [2.05, 4.69) is 65.2 Å². The fourth-order valence-corrected chi connectivity index (χ4v) is 6.74. The fraction of sp³-hybridized carbons (Fsp3) is 0.667. The van der Waals surface area contributed by atoms with Gasteiger partial charge >= 0.3 is 0 Å². The number of alkyl halides is 1. The lowest BCUT2D eigenvalue weighted by atomic mass is 9.85. The second-order valence-electron chi connectivity index (χ2n) is 9.68. The normalized spacial score (nSPS) is 24.1. The summed E-state index contributed by atoms with van der Waals surface area (Å²) in [7, 11) is 0. The molecule has 4 atom stereocenters. The van der Waals surface area contributed by atoms with E-state index in [1.54, 1.807) is 0 Å². The minimum Gasteiger partial charge on any atom is -0.376 e. The van der Waals surface area contributed by atoms with E-state index in [-0.39, 0.29) is 17.8 Å². The summed E-state index contributed by atoms with van der Waals surface area (Å²) in [5, 5.41) is 0.685. The molecule has 2 aliphatic rings. The third-order valence-electron chi connectivity index (χ3n) is 7.05. The molecule has 0 radical (unpaired) electrons. The Balaban J connectivity index is 1.66. The van der Waals surface area contributed by atoms with Crippen molar-refractivity contribution in [2.75, 3.05) is 11.0 Å². The summed E-state index contributed by atoms with van der Waals surface area (Å²) < 4.78 is 7.13. The lowest BCUT2D eigenvalue weighted by Crippen LogP contribution is -2.23. The van der Waals surface area contributed by atoms with E-state index in [4.69, 9.17) is 32.9 Å². The quantitative estimate of drug-likeness (QED) is 0.169. The fourth-order valence-electron chi connectivity index (χ4n) is 5.18. The number of hydrogen-bond donors (Lipinski definition) is 0. The Hall–Kier alpha value is -0.570. The summed E-state index contributed by atoms with van der Waals surface area (Å²) in [6, 6.07) is 0. The van der Waals surface area contributed by atoms with Gasteiger partial charge in [-0.3, -0.25) is 0 Å². The van der Waals surface area contributed by atoms with Gasteiger partial charge in [0.2, 0.25) is 10.6 Å². The van der Waals surface area contributed by atoms with Gasteiger partial charge in [0, 0.05) is 21.6 Å². The first-order chi connectivity index (χ1) is 15.3. The van der Waals surface area contributed by atoms with Crippen molar-refractivity contribution < 1.29 is 4.74 Å². The highest BCUT2D eigenvalue weighted by Crippen LogP contribution is 2.39. The van der Waals surface area contributed by atoms with Crippen molar-refractivity contribution in [3.63, 3.8) is 0 Å². The lowest BCUT2D eigenvalue weighted by Gasteiger charge is -2.29. The Morgan fingerprint density at radius 3 is 2.47 bits per heavy atom. The molecule has 0 bridgehead atoms. The minimum absolute atomic E-state index is 0.155. The van der Waals surface area contributed by atoms with Crippen molar-refractivity contribution in [1.82, 2.24) is 19.9 Å². The molecule has 4 rings (SSSR count). The molecule has 174 valence electrons. The van der Waals surface area contributed by atoms with Crippen LogP contribution in [0.1, 0.15) is 92.2 Å². The molecule has 1 aliphatic carbocycles. The molecule has 8 heteroatoms. The van der Waals surface area contributed by atoms with Gasteiger partial charge in [0.15, 0.2) is 0 Å². The van der Waals surface area contributed by atoms with Crippen molar-refractivity contribution in [1.29, 1.82) is 0 Å². The maximum atomic E-state index is 6.42. The second kappa shape index (κ2) is 10.4. The topological polar surface area (TPSA) is 60.8 Å². The smallest absolute Gasteiger partial charge is 0.222 e. The molecule has 1 aliphatic heterocycles. The van der Waals surface area contributed by atoms with Crippen LogP contribution in [0.15, 0.2) is 0 Å². The first kappa shape index (κ1) is 24.6. The van der Waals surface area contributed by atoms with Gasteiger partial charge in [-0.15, -0.1) is 0 Å². The number of aromatic nitrogens is 4. The third kappa shape index (κ3) is 5.08. The molecule has 0 spiro atoms. The number of fused-ring (bicyclic) bond motifs is 2. The van der Waals surface area contributed by atoms with Gasteiger partial charge in [-0.25, -0.2) is 19.9 Å². The first-order valence-electron chi connectivity index (χ1n) is 11.5. The predicted octanol–water partition coefficient (Wildman–Crippen LogP) is 6.68. The molecule has 0 N–H and O–H groups in total. The van der Waals surface area contributed by atoms with Gasteiger partial charge < -0.3 is 4.74 Å². The zero-order chi connectivity index (χ0) is 23.0. The molecule has 0 amide bonds. The van der Waals surface area contributed by atoms with E-state index in [0.29, 0.717) is 35.6 Å². The number of hydrogen-bond acceptors (Lipinski definition) is 5. The average molecular weight is 589 g/mol. The molecule has 0 fully saturated rings. The molecule has 3 heterocycles. The predicted molar refractivity (Wildman–Crippen MR) is 137 cm³/mol. The van der Waals surface area contributed by atoms with Crippen LogP contribution >= 0.6 is 45.8 Å². The minimum atomic E-state index is 0.155. The van der Waals surface area contributed by atoms with Crippen molar-refractivity contribution in [2.45, 2.75) is 77.7 Å². The van der Waals surface area contributed by atoms with Gasteiger partial charge in [-0.1, -0.05) is 50.3 Å². The van der Waals surface area contributed by atoms with Crippen LogP contribution in [-0.2, 0) is 24.2 Å². The highest BCUT2D eigenvalue weighted by atomic mass is 127. The summed E-state index contributed by atoms with van der Waals surface area (Å²) in [5.41, 5.74) is 6.68. The van der Waals surface area contributed by atoms with Gasteiger partial charge in [0.25, 0.3) is 0 Å². The summed E-state index contributed by atoms with van der Waals surface area (Å²) in [6.45, 7) is 10.1. The van der Waals surface area contributed by atoms with Crippen molar-refractivity contribution in [2.24, 2.45) is 11.8 Å². The second-order valence-corrected chi connectivity index (χ2v) is 11.2. The average Bonchev–Trinajstić information content (AvgIpc) is 2.91. The Morgan fingerprint density at radius 1 is 1.03 bits per heavy atom. The van der Waals surface area contributed by atoms with Crippen LogP contribution in [0.5, 0.6) is 0 Å². The molecule has 0 saturated carbocycles. The molecular weight excluding hydrogens is 558 g/mol. The standard InChI is InChI=1S/C24H31Cl2IN4O/c1-12(2)20-18-11-32-10-16(22(18)31-24(26)29-20)7-14(4)21-17-6-5-13(3)15(9-27)8-19(17)28-23(25)30-21/h12-16H,5-11H2,1-4H3. The number of halogens is 3. The molecule has 5 nitrogen and oxygen atoms in total. The van der Waals surface area contributed by atoms with E-state index in [1.807, 2.05) is 0 Å². The maximum Gasteiger partial charge on any atom is 0.222 e. The van der Waals surface area contributed by atoms with Crippen LogP contribution < -0.4 is 0 Å². The van der Waals surface area contributed by atoms with Crippen LogP contribution in [0.3, 0.4) is 0 Å². The highest BCUT2D eigenvalue weighted by molar-refractivity contribution is 14.1. The van der Waals surface area contributed by atoms with Crippen molar-refractivity contribution >= 4 is 45.8 Å². The van der Waals surface area contributed by atoms with Gasteiger partial charge in [-0.2, -0.15) is 0 Å². The highest BCUT2D eigenvalue weighted by Gasteiger charge is 2.32. The molecule has 4 unspecified atom stereocenters. The molecule has 2 aromatic rings. The summed E-state index contributed by atoms with van der Waals surface area (Å²) >= 11 is 15.2. The number of rotatable bonds is 5. The summed E-state index contributed by atoms with van der Waals surface area (Å²) in [4.78, 5) is 18.6. The lowest BCUT2D eigenvalue weighted by molar-refractivity contribution is 0.0837. The van der Waals surface area contributed by atoms with Crippen LogP contribution in [0, 0.1) is 11.8 Å². The monoisotopic (exact) mass is 588 g/mol. The molecular formula is C24H31Cl2IN4O. The van der Waals surface area contributed by atoms with Crippen LogP contribution in [0.4, 0.5) is 0 Å². The van der Waals surface area contributed by atoms with E-state index < -0.39 is 0 Å². The van der Waals surface area contributed by atoms with Crippen LogP contribution in [0.2, 0.25) is 10.6 Å². The van der Waals surface area contributed by atoms with E-state index in [9.17, 15) is 0 Å². The Kier molecular flexibility index (Phi) is 7.95. The van der Waals surface area contributed by atoms with E-state index in [1.165, 1.54) is 12.0 Å². The van der Waals surface area contributed by atoms with Crippen LogP contribution in [0.25, 0.3) is 0 Å². The van der Waals surface area contributed by atoms with E-state index in [0.717, 1.165) is 52.0 Å². The molecule has 2 aromatic heterocycles. The van der Waals surface area contributed by atoms with Gasteiger partial charge in [0.1, 0.15) is 0 Å². The molecule has 32 heavy (non-hydrogen) atoms. The summed E-state index contributed by atoms with van der Waals surface area (Å²) in [5.74, 6) is 1.95. The Bertz CT molecular complexity index is 987. The Morgan fingerprint density at radius 2 is 1.75 bits per heavy atom. The SMILES string of the molecule is CC(C)c1nc(Cl)nc2c1COCC2CC(C)c1nc(Cl)nc2c1CCC(C)C(CI)C2. The number of ether oxygens (including phenoxy) is 1. The first-order valence-corrected chi connectivity index (χ1v) is 13.8. The number of nitrogens with zero attached hydrogens (tertiary/aromatic N) is 4. The van der Waals surface area contributed by atoms with E-state index >= 15 is 0 Å². The zero-order valence-corrected chi connectivity index (χ0v) is 22.8. The van der Waals surface area contributed by atoms with Gasteiger partial charge in [-0.05, 0) is 78.1 Å². The van der Waals surface area contributed by atoms with Gasteiger partial charge in [0.05, 0.1) is 30.3 Å². The third-order valence-corrected chi connectivity index (χ3v) is 8.52. The summed E-state index contributed by atoms with van der Waals surface area (Å²) in [6.07, 6.45) is 4.05. The molecule has 0 saturated heterocycles. The largest absolute Gasteiger partial charge is 0.376 e.